The molecule has 2 rings (SSSR count). The van der Waals surface area contributed by atoms with E-state index < -0.39 is 20.6 Å². The van der Waals surface area contributed by atoms with Gasteiger partial charge in [-0.1, -0.05) is 25.1 Å². The molecule has 1 aliphatic rings. The normalized spacial score (nSPS) is 21.3. The molecule has 102 valence electrons. The maximum atomic E-state index is 11.0. The molecule has 1 aliphatic carbocycles. The first-order chi connectivity index (χ1) is 8.48. The molecule has 1 aromatic rings. The molecule has 6 heteroatoms. The predicted molar refractivity (Wildman–Crippen MR) is 61.6 cm³/mol. The average Bonchev–Trinajstić information content (AvgIpc) is 3.12. The van der Waals surface area contributed by atoms with E-state index in [1.807, 2.05) is 37.3 Å². The minimum atomic E-state index is -4.38. The van der Waals surface area contributed by atoms with Crippen molar-refractivity contribution in [2.75, 3.05) is 5.75 Å². The van der Waals surface area contributed by atoms with Gasteiger partial charge in [-0.2, -0.15) is 14.0 Å². The predicted octanol–water partition coefficient (Wildman–Crippen LogP) is 0.251. The molecule has 1 unspecified atom stereocenters. The highest BCUT2D eigenvalue weighted by atomic mass is 35.7. The van der Waals surface area contributed by atoms with Gasteiger partial charge in [-0.15, -0.1) is 0 Å². The lowest BCUT2D eigenvalue weighted by Crippen LogP contribution is -2.61. The molecular formula is C12H17ClO4S. The molecule has 0 N–H and O–H groups in total. The Bertz CT molecular complexity index is 391. The summed E-state index contributed by atoms with van der Waals surface area (Å²) < 4.78 is 38.2. The standard InChI is InChI=1S/C12H17ClO4S/c1-2-10-18(12-8-9-12,17-13(14,15)16)11-6-4-3-5-7-11/h3-7,12H,2,8-10H2,1H3. The number of benzene rings is 1. The van der Waals surface area contributed by atoms with E-state index in [1.54, 1.807) is 0 Å². The molecule has 0 aromatic heterocycles. The van der Waals surface area contributed by atoms with Crippen LogP contribution in [0.4, 0.5) is 0 Å². The second-order valence-electron chi connectivity index (χ2n) is 4.38. The van der Waals surface area contributed by atoms with Crippen LogP contribution in [0.1, 0.15) is 26.2 Å². The highest BCUT2D eigenvalue weighted by Gasteiger charge is 2.52. The van der Waals surface area contributed by atoms with Gasteiger partial charge < -0.3 is 0 Å². The molecule has 18 heavy (non-hydrogen) atoms. The summed E-state index contributed by atoms with van der Waals surface area (Å²) in [6.07, 6.45) is 2.68. The molecule has 0 spiro atoms. The first kappa shape index (κ1) is 14.1. The smallest absolute Gasteiger partial charge is 0.126 e. The molecule has 1 aromatic carbocycles. The van der Waals surface area contributed by atoms with Crippen molar-refractivity contribution in [3.8, 4) is 0 Å². The Morgan fingerprint density at radius 3 is 2.28 bits per heavy atom. The first-order valence-corrected chi connectivity index (χ1v) is 8.97. The highest BCUT2D eigenvalue weighted by Crippen LogP contribution is 2.68. The van der Waals surface area contributed by atoms with Gasteiger partial charge in [-0.3, -0.25) is 0 Å². The summed E-state index contributed by atoms with van der Waals surface area (Å²) in [5.41, 5.74) is 0. The van der Waals surface area contributed by atoms with Gasteiger partial charge in [0.2, 0.25) is 0 Å². The van der Waals surface area contributed by atoms with Gasteiger partial charge in [-0.25, -0.2) is 0 Å². The molecule has 0 saturated heterocycles. The fraction of sp³-hybridized carbons (Fsp3) is 0.500. The molecule has 0 amide bonds. The van der Waals surface area contributed by atoms with Crippen molar-refractivity contribution in [3.05, 3.63) is 30.3 Å². The summed E-state index contributed by atoms with van der Waals surface area (Å²) in [5, 5.41) is 0.205. The summed E-state index contributed by atoms with van der Waals surface area (Å²) in [4.78, 5) is 0.862. The van der Waals surface area contributed by atoms with E-state index in [1.165, 1.54) is 0 Å². The van der Waals surface area contributed by atoms with Crippen LogP contribution >= 0.6 is 10.3 Å². The molecule has 0 heterocycles. The third-order valence-corrected chi connectivity index (χ3v) is 8.05. The SMILES string of the molecule is CCCS(O[Cl+3]([O-])([O-])[O-])(c1ccccc1)C1CC1. The third-order valence-electron chi connectivity index (χ3n) is 2.90. The van der Waals surface area contributed by atoms with Crippen molar-refractivity contribution in [2.24, 2.45) is 0 Å². The fourth-order valence-corrected chi connectivity index (χ4v) is 7.27. The van der Waals surface area contributed by atoms with Crippen LogP contribution in [0, 0.1) is 10.2 Å². The minimum absolute atomic E-state index is 0.205. The van der Waals surface area contributed by atoms with Crippen LogP contribution < -0.4 is 14.0 Å². The first-order valence-electron chi connectivity index (χ1n) is 5.95. The lowest BCUT2D eigenvalue weighted by atomic mass is 10.4. The quantitative estimate of drug-likeness (QED) is 0.753. The van der Waals surface area contributed by atoms with Crippen LogP contribution in [0.15, 0.2) is 35.2 Å². The van der Waals surface area contributed by atoms with E-state index in [4.69, 9.17) is 3.74 Å². The van der Waals surface area contributed by atoms with Gasteiger partial charge >= 0.3 is 0 Å². The summed E-state index contributed by atoms with van der Waals surface area (Å²) >= 11 is 0. The maximum absolute atomic E-state index is 11.0. The van der Waals surface area contributed by atoms with E-state index in [0.717, 1.165) is 24.2 Å². The number of hydrogen-bond acceptors (Lipinski definition) is 4. The molecule has 0 aliphatic heterocycles. The van der Waals surface area contributed by atoms with Crippen molar-refractivity contribution < 1.29 is 28.0 Å². The summed E-state index contributed by atoms with van der Waals surface area (Å²) in [6, 6.07) is 9.31. The van der Waals surface area contributed by atoms with Gasteiger partial charge in [0.1, 0.15) is 3.74 Å². The Morgan fingerprint density at radius 2 is 1.83 bits per heavy atom. The van der Waals surface area contributed by atoms with E-state index in [-0.39, 0.29) is 5.25 Å². The summed E-state index contributed by atoms with van der Waals surface area (Å²) in [6.45, 7) is 1.98. The van der Waals surface area contributed by atoms with Gasteiger partial charge in [0.25, 0.3) is 0 Å². The third kappa shape index (κ3) is 3.17. The van der Waals surface area contributed by atoms with Crippen LogP contribution in [0.3, 0.4) is 0 Å². The van der Waals surface area contributed by atoms with Gasteiger partial charge in [0.15, 0.2) is 0 Å². The van der Waals surface area contributed by atoms with Crippen molar-refractivity contribution in [1.82, 2.24) is 0 Å². The zero-order chi connectivity index (χ0) is 13.2. The lowest BCUT2D eigenvalue weighted by molar-refractivity contribution is -1.91. The molecule has 0 radical (unpaired) electrons. The van der Waals surface area contributed by atoms with E-state index in [9.17, 15) is 14.0 Å². The number of halogens is 1. The molecule has 1 atom stereocenters. The number of hydrogen-bond donors (Lipinski definition) is 0. The fourth-order valence-electron chi connectivity index (χ4n) is 2.14. The Kier molecular flexibility index (Phi) is 4.21. The van der Waals surface area contributed by atoms with Gasteiger partial charge in [0.05, 0.1) is 10.2 Å². The van der Waals surface area contributed by atoms with Crippen LogP contribution in [0.2, 0.25) is 0 Å². The van der Waals surface area contributed by atoms with Crippen molar-refractivity contribution in [2.45, 2.75) is 36.3 Å². The number of rotatable bonds is 6. The van der Waals surface area contributed by atoms with Gasteiger partial charge in [0, 0.05) is 26.2 Å². The molecule has 0 bridgehead atoms. The topological polar surface area (TPSA) is 78.4 Å². The van der Waals surface area contributed by atoms with E-state index in [0.29, 0.717) is 5.75 Å². The maximum Gasteiger partial charge on any atom is 0.126 e. The average molecular weight is 293 g/mol. The van der Waals surface area contributed by atoms with Crippen LogP contribution in [0.5, 0.6) is 0 Å². The van der Waals surface area contributed by atoms with E-state index >= 15 is 0 Å². The monoisotopic (exact) mass is 292 g/mol. The largest absolute Gasteiger partial charge is 0.182 e. The minimum Gasteiger partial charge on any atom is -0.182 e. The molecular weight excluding hydrogens is 276 g/mol. The van der Waals surface area contributed by atoms with Gasteiger partial charge in [-0.05, 0) is 31.4 Å². The van der Waals surface area contributed by atoms with Crippen LogP contribution in [-0.4, -0.2) is 11.0 Å². The second-order valence-corrected chi connectivity index (χ2v) is 8.64. The molecule has 1 fully saturated rings. The lowest BCUT2D eigenvalue weighted by Gasteiger charge is -2.34. The Morgan fingerprint density at radius 1 is 1.22 bits per heavy atom. The second kappa shape index (κ2) is 5.36. The molecule has 1 saturated carbocycles. The van der Waals surface area contributed by atoms with E-state index in [2.05, 4.69) is 0 Å². The zero-order valence-corrected chi connectivity index (χ0v) is 11.8. The Labute approximate surface area is 111 Å². The Balaban J connectivity index is 2.37. The van der Waals surface area contributed by atoms with Crippen LogP contribution in [0.25, 0.3) is 0 Å². The highest BCUT2D eigenvalue weighted by molar-refractivity contribution is 8.30. The summed E-state index contributed by atoms with van der Waals surface area (Å²) in [7, 11) is -6.38. The molecule has 4 nitrogen and oxygen atoms in total. The summed E-state index contributed by atoms with van der Waals surface area (Å²) in [5.74, 6) is 0.621. The van der Waals surface area contributed by atoms with Crippen molar-refractivity contribution in [1.29, 1.82) is 0 Å². The van der Waals surface area contributed by atoms with Crippen molar-refractivity contribution >= 4 is 10.3 Å². The van der Waals surface area contributed by atoms with Crippen molar-refractivity contribution in [3.63, 3.8) is 0 Å². The zero-order valence-electron chi connectivity index (χ0n) is 10.2. The van der Waals surface area contributed by atoms with Crippen LogP contribution in [-0.2, 0) is 3.74 Å². The Hall–Kier alpha value is -0.300.